The summed E-state index contributed by atoms with van der Waals surface area (Å²) in [5, 5.41) is 3.53. The van der Waals surface area contributed by atoms with Crippen LogP contribution in [0, 0.1) is 0 Å². The molecule has 0 aliphatic heterocycles. The predicted octanol–water partition coefficient (Wildman–Crippen LogP) is 11.1. The van der Waals surface area contributed by atoms with Gasteiger partial charge in [-0.2, -0.15) is 0 Å². The first-order valence-electron chi connectivity index (χ1n) is 17.9. The maximum atomic E-state index is 2.65. The molecule has 0 heterocycles. The van der Waals surface area contributed by atoms with Crippen LogP contribution >= 0.6 is 0 Å². The van der Waals surface area contributed by atoms with Gasteiger partial charge < -0.3 is 0 Å². The van der Waals surface area contributed by atoms with E-state index in [1.54, 1.807) is 41.4 Å². The van der Waals surface area contributed by atoms with Gasteiger partial charge in [-0.3, -0.25) is 0 Å². The third-order valence-electron chi connectivity index (χ3n) is 10.1. The van der Waals surface area contributed by atoms with Gasteiger partial charge in [-0.1, -0.05) is 0 Å². The van der Waals surface area contributed by atoms with E-state index in [0.29, 0.717) is 3.63 Å². The Morgan fingerprint density at radius 2 is 1.23 bits per heavy atom. The summed E-state index contributed by atoms with van der Waals surface area (Å²) in [5.41, 5.74) is 15.7. The van der Waals surface area contributed by atoms with Crippen molar-refractivity contribution in [3.05, 3.63) is 136 Å². The van der Waals surface area contributed by atoms with Gasteiger partial charge in [0.25, 0.3) is 0 Å². The average molecular weight is 743 g/mol. The van der Waals surface area contributed by atoms with E-state index in [1.807, 2.05) is 0 Å². The van der Waals surface area contributed by atoms with Crippen molar-refractivity contribution in [3.8, 4) is 11.1 Å². The minimum absolute atomic E-state index is 0.0319. The van der Waals surface area contributed by atoms with Gasteiger partial charge in [0.15, 0.2) is 0 Å². The first kappa shape index (κ1) is 35.4. The summed E-state index contributed by atoms with van der Waals surface area (Å²) in [6.45, 7) is 30.3. The molecule has 2 aliphatic carbocycles. The molecule has 0 fully saturated rings. The second kappa shape index (κ2) is 12.7. The molecule has 4 aromatic rings. The van der Waals surface area contributed by atoms with Gasteiger partial charge in [0, 0.05) is 0 Å². The van der Waals surface area contributed by atoms with Gasteiger partial charge in [-0.15, -0.1) is 0 Å². The summed E-state index contributed by atoms with van der Waals surface area (Å²) < 4.78 is 2.04. The van der Waals surface area contributed by atoms with Crippen LogP contribution in [0.25, 0.3) is 16.7 Å². The van der Waals surface area contributed by atoms with Crippen LogP contribution in [-0.2, 0) is 33.6 Å². The van der Waals surface area contributed by atoms with Gasteiger partial charge >= 0.3 is 307 Å². The number of hydrogen-bond donors (Lipinski definition) is 0. The summed E-state index contributed by atoms with van der Waals surface area (Å²) in [6, 6.07) is 30.4. The van der Waals surface area contributed by atoms with Crippen LogP contribution in [0.2, 0.25) is 39.3 Å². The van der Waals surface area contributed by atoms with Crippen molar-refractivity contribution in [2.24, 2.45) is 0 Å². The molecule has 247 valence electrons. The third kappa shape index (κ3) is 6.57. The van der Waals surface area contributed by atoms with E-state index in [4.69, 9.17) is 0 Å². The summed E-state index contributed by atoms with van der Waals surface area (Å²) >= 11 is -1.31. The van der Waals surface area contributed by atoms with Crippen molar-refractivity contribution in [2.75, 3.05) is 0 Å². The average Bonchev–Trinajstić information content (AvgIpc) is 3.64. The Hall–Kier alpha value is -2.45. The van der Waals surface area contributed by atoms with E-state index in [-0.39, 0.29) is 10.8 Å². The second-order valence-electron chi connectivity index (χ2n) is 18.1. The number of fused-ring (bicyclic) bond motifs is 3. The van der Waals surface area contributed by atoms with Crippen molar-refractivity contribution in [3.63, 3.8) is 0 Å². The molecule has 0 spiro atoms. The van der Waals surface area contributed by atoms with E-state index >= 15 is 0 Å². The van der Waals surface area contributed by atoms with Crippen LogP contribution in [-0.4, -0.2) is 19.4 Å². The monoisotopic (exact) mass is 741 g/mol. The van der Waals surface area contributed by atoms with Crippen molar-refractivity contribution in [1.82, 2.24) is 0 Å². The van der Waals surface area contributed by atoms with Crippen molar-refractivity contribution in [2.45, 2.75) is 102 Å². The number of hydrogen-bond acceptors (Lipinski definition) is 0. The Kier molecular flexibility index (Phi) is 9.36. The van der Waals surface area contributed by atoms with Gasteiger partial charge in [0.1, 0.15) is 0 Å². The fraction of sp³-hybridized carbons (Fsp3) is 0.356. The molecule has 0 bridgehead atoms. The van der Waals surface area contributed by atoms with Gasteiger partial charge in [0.2, 0.25) is 0 Å². The van der Waals surface area contributed by atoms with Crippen LogP contribution in [0.3, 0.4) is 0 Å². The zero-order valence-electron chi connectivity index (χ0n) is 31.5. The van der Waals surface area contributed by atoms with Crippen molar-refractivity contribution < 1.29 is 22.8 Å². The van der Waals surface area contributed by atoms with Crippen LogP contribution in [0.15, 0.2) is 97.1 Å². The van der Waals surface area contributed by atoms with Crippen molar-refractivity contribution >= 4 is 35.3 Å². The fourth-order valence-corrected chi connectivity index (χ4v) is 18.7. The van der Waals surface area contributed by atoms with E-state index < -0.39 is 38.9 Å². The molecule has 3 heteroatoms. The molecule has 48 heavy (non-hydrogen) atoms. The van der Waals surface area contributed by atoms with E-state index in [2.05, 4.69) is 178 Å². The normalized spacial score (nSPS) is 16.0. The molecule has 0 saturated heterocycles. The Labute approximate surface area is 304 Å². The molecule has 1 unspecified atom stereocenters. The van der Waals surface area contributed by atoms with Gasteiger partial charge in [-0.05, 0) is 0 Å². The summed E-state index contributed by atoms with van der Waals surface area (Å²) in [5.74, 6) is 0. The molecule has 1 atom stereocenters. The molecule has 0 nitrogen and oxygen atoms in total. The first-order chi connectivity index (χ1) is 22.4. The number of benzene rings is 4. The SMILES string of the molecule is CC(C)(C)c1ccc2c(c1)[CH]([Zr]=[C](c1ccccc1)c1ccccc1)c1c(C3=CC=CC3)c(C(C)(C)C)c([Si](C)(C)C)c([Si](C)(C)C)c1-2. The molecule has 0 N–H and O–H groups in total. The summed E-state index contributed by atoms with van der Waals surface area (Å²) in [6.07, 6.45) is 8.18. The van der Waals surface area contributed by atoms with Crippen LogP contribution in [0.5, 0.6) is 0 Å². The molecule has 0 saturated carbocycles. The van der Waals surface area contributed by atoms with Crippen LogP contribution in [0.1, 0.15) is 90.5 Å². The van der Waals surface area contributed by atoms with Crippen LogP contribution < -0.4 is 10.4 Å². The first-order valence-corrected chi connectivity index (χ1v) is 27.5. The number of allylic oxidation sites excluding steroid dienone is 4. The molecular formula is C45H55Si2Zr. The Balaban J connectivity index is 1.87. The molecule has 0 aromatic heterocycles. The van der Waals surface area contributed by atoms with Gasteiger partial charge in [-0.25, -0.2) is 0 Å². The van der Waals surface area contributed by atoms with E-state index in [9.17, 15) is 0 Å². The third-order valence-corrected chi connectivity index (χ3v) is 18.6. The Bertz CT molecular complexity index is 1910. The molecule has 0 radical (unpaired) electrons. The molecular weight excluding hydrogens is 688 g/mol. The maximum absolute atomic E-state index is 2.65. The number of rotatable bonds is 6. The zero-order valence-corrected chi connectivity index (χ0v) is 36.0. The Morgan fingerprint density at radius 3 is 1.69 bits per heavy atom. The molecule has 2 aliphatic rings. The second-order valence-corrected chi connectivity index (χ2v) is 31.5. The molecule has 0 amide bonds. The minimum atomic E-state index is -1.82. The summed E-state index contributed by atoms with van der Waals surface area (Å²) in [4.78, 5) is 0. The summed E-state index contributed by atoms with van der Waals surface area (Å²) in [7, 11) is -3.61. The predicted molar refractivity (Wildman–Crippen MR) is 215 cm³/mol. The zero-order chi connectivity index (χ0) is 34.8. The molecule has 4 aromatic carbocycles. The Morgan fingerprint density at radius 1 is 0.667 bits per heavy atom. The molecule has 6 rings (SSSR count). The van der Waals surface area contributed by atoms with Crippen molar-refractivity contribution in [1.29, 1.82) is 0 Å². The van der Waals surface area contributed by atoms with E-state index in [0.717, 1.165) is 6.42 Å². The van der Waals surface area contributed by atoms with Gasteiger partial charge in [0.05, 0.1) is 0 Å². The standard InChI is InChI=1S/C32H45Si2.C13H10.Zr/c1-31(2,3)23-17-18-24-22(19-23)20-25-26(21-15-13-14-16-21)28(32(4,5)6)30(34(10,11)12)29(27(24)25)33(7,8)9;1-3-7-12(8-4-1)11-13-9-5-2-6-10-13;/h13-15,17-20H,16H2,1-12H3;1-10H;. The van der Waals surface area contributed by atoms with Crippen LogP contribution in [0.4, 0.5) is 0 Å². The fourth-order valence-electron chi connectivity index (χ4n) is 8.04. The quantitative estimate of drug-likeness (QED) is 0.173. The van der Waals surface area contributed by atoms with E-state index in [1.165, 1.54) is 27.8 Å². The topological polar surface area (TPSA) is 0 Å².